The first-order chi connectivity index (χ1) is 39.6. The smallest absolute Gasteiger partial charge is 0.192 e. The molecule has 12 atom stereocenters. The molecule has 0 aliphatic heterocycles. The van der Waals surface area contributed by atoms with Gasteiger partial charge in [0.25, 0.3) is 0 Å². The van der Waals surface area contributed by atoms with Crippen molar-refractivity contribution < 1.29 is 38.1 Å². The molecule has 0 amide bonds. The second-order valence-corrected chi connectivity index (χ2v) is 46.9. The molecular formula is C74H130O8Si3. The maximum Gasteiger partial charge on any atom is 0.192 e. The van der Waals surface area contributed by atoms with Crippen LogP contribution in [0.1, 0.15) is 233 Å². The highest BCUT2D eigenvalue weighted by Crippen LogP contribution is 2.66. The van der Waals surface area contributed by atoms with Gasteiger partial charge in [-0.2, -0.15) is 0 Å². The van der Waals surface area contributed by atoms with E-state index in [1.165, 1.54) is 47.7 Å². The zero-order valence-electron chi connectivity index (χ0n) is 58.6. The number of aliphatic hydroxyl groups excluding tert-OH is 2. The average Bonchev–Trinajstić information content (AvgIpc) is 1.86. The third-order valence-electron chi connectivity index (χ3n) is 26.6. The fourth-order valence-electron chi connectivity index (χ4n) is 17.4. The van der Waals surface area contributed by atoms with Crippen LogP contribution in [-0.2, 0) is 22.8 Å². The SMILES string of the molecule is CCC(CC)(CCCOCC1=CC[C@H]2C3=CC=C4C[C@@H](O[Si](C)(C)C(C)(C)C)C[C@H](O[Si](C)(C)C(C)(C)C)[C@]4(C)[C@H]3CC[C@]12C)O[Si](CC)(CC)CC.CCC(O)(CC)CCCOCC1=CC[C@H]2C3=CC=C4C[C@@H](O)C[C@H](O)[C@]4(C)[C@H]3CC[C@]12C. The van der Waals surface area contributed by atoms with E-state index in [1.807, 2.05) is 0 Å². The van der Waals surface area contributed by atoms with E-state index in [9.17, 15) is 15.3 Å². The van der Waals surface area contributed by atoms with Crippen LogP contribution in [-0.4, -0.2) is 102 Å². The highest BCUT2D eigenvalue weighted by atomic mass is 28.4. The summed E-state index contributed by atoms with van der Waals surface area (Å²) in [6.45, 7) is 52.7. The fraction of sp³-hybridized carbons (Fsp3) is 0.838. The van der Waals surface area contributed by atoms with Crippen molar-refractivity contribution in [2.24, 2.45) is 45.3 Å². The van der Waals surface area contributed by atoms with E-state index in [-0.39, 0.29) is 49.5 Å². The Balaban J connectivity index is 0.000000274. The van der Waals surface area contributed by atoms with Crippen LogP contribution in [0.15, 0.2) is 69.9 Å². The summed E-state index contributed by atoms with van der Waals surface area (Å²) in [6.07, 6.45) is 31.9. The molecule has 8 aliphatic rings. The number of rotatable bonds is 25. The van der Waals surface area contributed by atoms with Gasteiger partial charge in [-0.05, 0) is 209 Å². The Hall–Kier alpha value is -1.23. The van der Waals surface area contributed by atoms with E-state index in [4.69, 9.17) is 22.8 Å². The van der Waals surface area contributed by atoms with E-state index in [0.29, 0.717) is 49.7 Å². The van der Waals surface area contributed by atoms with Gasteiger partial charge >= 0.3 is 0 Å². The molecule has 0 aromatic heterocycles. The molecule has 0 heterocycles. The van der Waals surface area contributed by atoms with Gasteiger partial charge in [-0.15, -0.1) is 0 Å². The van der Waals surface area contributed by atoms with Gasteiger partial charge in [-0.3, -0.25) is 0 Å². The minimum absolute atomic E-state index is 0.00831. The van der Waals surface area contributed by atoms with E-state index in [2.05, 4.69) is 180 Å². The predicted octanol–water partition coefficient (Wildman–Crippen LogP) is 19.3. The van der Waals surface area contributed by atoms with Crippen LogP contribution in [0.5, 0.6) is 0 Å². The van der Waals surface area contributed by atoms with Crippen molar-refractivity contribution in [3.63, 3.8) is 0 Å². The van der Waals surface area contributed by atoms with E-state index in [0.717, 1.165) is 103 Å². The Labute approximate surface area is 525 Å². The van der Waals surface area contributed by atoms with Crippen molar-refractivity contribution in [1.29, 1.82) is 0 Å². The molecule has 486 valence electrons. The number of fused-ring (bicyclic) bond motifs is 10. The first kappa shape index (κ1) is 71.2. The predicted molar refractivity (Wildman–Crippen MR) is 364 cm³/mol. The van der Waals surface area contributed by atoms with Crippen molar-refractivity contribution >= 4 is 25.0 Å². The summed E-state index contributed by atoms with van der Waals surface area (Å²) in [6, 6.07) is 3.66. The normalized spacial score (nSPS) is 33.3. The Morgan fingerprint density at radius 2 is 1.02 bits per heavy atom. The Kier molecular flexibility index (Phi) is 22.7. The van der Waals surface area contributed by atoms with Gasteiger partial charge in [-0.25, -0.2) is 0 Å². The molecule has 0 unspecified atom stereocenters. The lowest BCUT2D eigenvalue weighted by atomic mass is 9.50. The van der Waals surface area contributed by atoms with Gasteiger partial charge in [-0.1, -0.05) is 176 Å². The molecule has 3 N–H and O–H groups in total. The van der Waals surface area contributed by atoms with Crippen molar-refractivity contribution in [3.8, 4) is 0 Å². The third-order valence-corrected chi connectivity index (χ3v) is 40.3. The first-order valence-electron chi connectivity index (χ1n) is 35.1. The van der Waals surface area contributed by atoms with Crippen LogP contribution < -0.4 is 0 Å². The van der Waals surface area contributed by atoms with Crippen LogP contribution in [0.3, 0.4) is 0 Å². The topological polar surface area (TPSA) is 107 Å². The molecule has 8 aliphatic carbocycles. The maximum absolute atomic E-state index is 11.0. The summed E-state index contributed by atoms with van der Waals surface area (Å²) in [5.74, 6) is 1.94. The molecule has 85 heavy (non-hydrogen) atoms. The van der Waals surface area contributed by atoms with Crippen LogP contribution in [0.4, 0.5) is 0 Å². The van der Waals surface area contributed by atoms with Gasteiger partial charge in [0, 0.05) is 30.5 Å². The number of ether oxygens (including phenoxy) is 2. The molecule has 0 saturated heterocycles. The van der Waals surface area contributed by atoms with Crippen molar-refractivity contribution in [3.05, 3.63) is 69.9 Å². The molecule has 8 rings (SSSR count). The van der Waals surface area contributed by atoms with Gasteiger partial charge in [0.05, 0.1) is 48.8 Å². The van der Waals surface area contributed by atoms with Gasteiger partial charge in [0.15, 0.2) is 25.0 Å². The summed E-state index contributed by atoms with van der Waals surface area (Å²) in [5, 5.41) is 32.0. The second-order valence-electron chi connectivity index (χ2n) is 32.7. The molecule has 8 nitrogen and oxygen atoms in total. The molecular weight excluding hydrogens is 1100 g/mol. The lowest BCUT2D eigenvalue weighted by Crippen LogP contribution is -2.58. The first-order valence-corrected chi connectivity index (χ1v) is 43.5. The molecule has 0 aromatic carbocycles. The van der Waals surface area contributed by atoms with E-state index < -0.39 is 42.8 Å². The highest BCUT2D eigenvalue weighted by Gasteiger charge is 2.60. The van der Waals surface area contributed by atoms with Crippen LogP contribution in [0, 0.1) is 45.3 Å². The average molecular weight is 1230 g/mol. The summed E-state index contributed by atoms with van der Waals surface area (Å²) in [4.78, 5) is 0. The monoisotopic (exact) mass is 1230 g/mol. The largest absolute Gasteiger partial charge is 0.414 e. The molecule has 11 heteroatoms. The third kappa shape index (κ3) is 14.1. The van der Waals surface area contributed by atoms with Crippen molar-refractivity contribution in [1.82, 2.24) is 0 Å². The lowest BCUT2D eigenvalue weighted by Gasteiger charge is -2.59. The zero-order chi connectivity index (χ0) is 63.0. The number of hydrogen-bond donors (Lipinski definition) is 3. The van der Waals surface area contributed by atoms with Gasteiger partial charge < -0.3 is 38.1 Å². The van der Waals surface area contributed by atoms with Crippen LogP contribution in [0.2, 0.25) is 54.4 Å². The Morgan fingerprint density at radius 1 is 0.565 bits per heavy atom. The van der Waals surface area contributed by atoms with E-state index >= 15 is 0 Å². The maximum atomic E-state index is 11.0. The Bertz CT molecular complexity index is 2450. The molecule has 0 bridgehead atoms. The zero-order valence-corrected chi connectivity index (χ0v) is 61.6. The molecule has 4 saturated carbocycles. The van der Waals surface area contributed by atoms with Crippen LogP contribution in [0.25, 0.3) is 0 Å². The van der Waals surface area contributed by atoms with E-state index in [1.54, 1.807) is 16.7 Å². The number of aliphatic hydroxyl groups is 3. The molecule has 0 radical (unpaired) electrons. The minimum Gasteiger partial charge on any atom is -0.414 e. The summed E-state index contributed by atoms with van der Waals surface area (Å²) < 4.78 is 34.7. The summed E-state index contributed by atoms with van der Waals surface area (Å²) in [5.41, 5.74) is 8.54. The lowest BCUT2D eigenvalue weighted by molar-refractivity contribution is -0.0494. The van der Waals surface area contributed by atoms with Gasteiger partial charge in [0.1, 0.15) is 0 Å². The molecule has 0 aromatic rings. The summed E-state index contributed by atoms with van der Waals surface area (Å²) >= 11 is 0. The van der Waals surface area contributed by atoms with Crippen LogP contribution >= 0.6 is 0 Å². The highest BCUT2D eigenvalue weighted by molar-refractivity contribution is 6.74. The summed E-state index contributed by atoms with van der Waals surface area (Å²) in [7, 11) is -5.61. The van der Waals surface area contributed by atoms with Gasteiger partial charge in [0.2, 0.25) is 0 Å². The standard InChI is InChI=1S/C46H86O4Si3.C28H44O4/c1-18-46(19-2,50-53(20-3,21-4)22-5)29-23-31-47-34-36-25-27-39-38-26-24-35-32-37(48-51(14,15)42(6,7)8)33-41(49-52(16,17)43(9,10)11)45(35,13)40(38)28-30-44(36,39)12;1-5-28(31,6-2)13-7-15-32-18-20-9-11-23-22-10-8-19-16-21(29)17-25(30)27(19,4)24(22)12-14-26(20,23)3/h24-26,37,39-41H,18-23,27-34H2,1-17H3;8-10,21,23-25,29-31H,5-7,11-18H2,1-4H3/t37-,39+,40+,41+,44-,45+;21-,23+,24+,25+,26-,27+/m11/s1. The second kappa shape index (κ2) is 27.2. The number of allylic oxidation sites excluding steroid dienone is 8. The Morgan fingerprint density at radius 3 is 1.48 bits per heavy atom. The molecule has 4 fully saturated rings. The van der Waals surface area contributed by atoms with Crippen molar-refractivity contribution in [2.75, 3.05) is 26.4 Å². The minimum atomic E-state index is -2.03. The quantitative estimate of drug-likeness (QED) is 0.0472. The van der Waals surface area contributed by atoms with Crippen molar-refractivity contribution in [2.45, 2.75) is 323 Å². The number of hydrogen-bond acceptors (Lipinski definition) is 8. The molecule has 0 spiro atoms. The fourth-order valence-corrected chi connectivity index (χ4v) is 23.4.